The SMILES string of the molecule is CCCCC/C=C\C/C=C\CCCCCCCCCCCC(=O)OCCCCCCCCCCCC/C=C\CCCCCCCCCC(=O)NC(CO)C(O)/C=C/CCCCCCCCCCCCCCCCCCCCCCC. The lowest BCUT2D eigenvalue weighted by atomic mass is 10.0. The number of ether oxygens (including phenoxy) is 1. The van der Waals surface area contributed by atoms with E-state index in [2.05, 4.69) is 55.6 Å². The summed E-state index contributed by atoms with van der Waals surface area (Å²) in [5.41, 5.74) is 0. The molecular weight excluding hydrogens is 983 g/mol. The second-order valence-corrected chi connectivity index (χ2v) is 24.6. The lowest BCUT2D eigenvalue weighted by molar-refractivity contribution is -0.143. The summed E-state index contributed by atoms with van der Waals surface area (Å²) in [5.74, 6) is -0.0683. The number of aliphatic hydroxyl groups excluding tert-OH is 2. The van der Waals surface area contributed by atoms with Crippen LogP contribution < -0.4 is 5.32 Å². The van der Waals surface area contributed by atoms with Gasteiger partial charge < -0.3 is 20.3 Å². The highest BCUT2D eigenvalue weighted by Gasteiger charge is 2.18. The zero-order valence-electron chi connectivity index (χ0n) is 53.8. The van der Waals surface area contributed by atoms with Gasteiger partial charge in [-0.25, -0.2) is 0 Å². The summed E-state index contributed by atoms with van der Waals surface area (Å²) in [4.78, 5) is 24.6. The standard InChI is InChI=1S/C74H139NO5/c1-3-5-7-9-11-13-15-17-19-21-23-24-25-27-31-34-38-42-46-50-54-58-62-66-72(77)71(70-76)75-73(78)67-63-59-55-51-47-43-39-35-32-28-26-29-33-37-41-45-49-53-57-61-65-69-80-74(79)68-64-60-56-52-48-44-40-36-30-22-20-18-16-14-12-10-8-6-4-2/h12,14,18,20,28,32,62,66,71-72,76-77H,3-11,13,15-17,19,21-27,29-31,33-61,63-65,67-70H2,1-2H3,(H,75,78)/b14-12-,20-18-,32-28-,66-62+. The summed E-state index contributed by atoms with van der Waals surface area (Å²) < 4.78 is 5.50. The minimum absolute atomic E-state index is 0.00424. The van der Waals surface area contributed by atoms with Crippen molar-refractivity contribution < 1.29 is 24.5 Å². The second-order valence-electron chi connectivity index (χ2n) is 24.6. The van der Waals surface area contributed by atoms with Crippen LogP contribution in [-0.2, 0) is 14.3 Å². The van der Waals surface area contributed by atoms with Gasteiger partial charge in [-0.2, -0.15) is 0 Å². The highest BCUT2D eigenvalue weighted by molar-refractivity contribution is 5.76. The van der Waals surface area contributed by atoms with E-state index in [9.17, 15) is 19.8 Å². The zero-order chi connectivity index (χ0) is 57.8. The molecule has 0 rings (SSSR count). The first-order chi connectivity index (χ1) is 39.5. The Bertz CT molecular complexity index is 1340. The molecule has 0 aliphatic carbocycles. The second kappa shape index (κ2) is 69.3. The van der Waals surface area contributed by atoms with Crippen molar-refractivity contribution in [3.8, 4) is 0 Å². The van der Waals surface area contributed by atoms with Crippen LogP contribution in [0.4, 0.5) is 0 Å². The number of carbonyl (C=O) groups is 2. The van der Waals surface area contributed by atoms with Crippen LogP contribution in [-0.4, -0.2) is 47.4 Å². The lowest BCUT2D eigenvalue weighted by Gasteiger charge is -2.20. The van der Waals surface area contributed by atoms with Gasteiger partial charge in [0.2, 0.25) is 5.91 Å². The molecule has 6 nitrogen and oxygen atoms in total. The first-order valence-electron chi connectivity index (χ1n) is 35.9. The van der Waals surface area contributed by atoms with Crippen molar-refractivity contribution in [1.29, 1.82) is 0 Å². The molecule has 470 valence electrons. The molecular formula is C74H139NO5. The van der Waals surface area contributed by atoms with Gasteiger partial charge in [0, 0.05) is 12.8 Å². The van der Waals surface area contributed by atoms with Crippen LogP contribution in [0.1, 0.15) is 386 Å². The van der Waals surface area contributed by atoms with E-state index in [0.717, 1.165) is 57.8 Å². The summed E-state index contributed by atoms with van der Waals surface area (Å²) in [6.45, 7) is 4.90. The van der Waals surface area contributed by atoms with E-state index in [-0.39, 0.29) is 18.5 Å². The number of hydrogen-bond acceptors (Lipinski definition) is 5. The summed E-state index contributed by atoms with van der Waals surface area (Å²) >= 11 is 0. The molecule has 0 aliphatic heterocycles. The van der Waals surface area contributed by atoms with E-state index >= 15 is 0 Å². The van der Waals surface area contributed by atoms with Crippen molar-refractivity contribution in [2.24, 2.45) is 0 Å². The van der Waals surface area contributed by atoms with E-state index in [1.807, 2.05) is 6.08 Å². The van der Waals surface area contributed by atoms with Gasteiger partial charge >= 0.3 is 5.97 Å². The monoisotopic (exact) mass is 1120 g/mol. The minimum Gasteiger partial charge on any atom is -0.466 e. The van der Waals surface area contributed by atoms with E-state index in [1.165, 1.54) is 302 Å². The third kappa shape index (κ3) is 65.0. The lowest BCUT2D eigenvalue weighted by Crippen LogP contribution is -2.45. The van der Waals surface area contributed by atoms with Gasteiger partial charge in [0.1, 0.15) is 0 Å². The quantitative estimate of drug-likeness (QED) is 0.0320. The number of allylic oxidation sites excluding steroid dienone is 7. The Morgan fingerprint density at radius 3 is 0.988 bits per heavy atom. The van der Waals surface area contributed by atoms with E-state index in [4.69, 9.17) is 4.74 Å². The van der Waals surface area contributed by atoms with Crippen molar-refractivity contribution in [2.45, 2.75) is 398 Å². The third-order valence-electron chi connectivity index (χ3n) is 16.6. The summed E-state index contributed by atoms with van der Waals surface area (Å²) in [7, 11) is 0. The molecule has 0 heterocycles. The molecule has 0 fully saturated rings. The topological polar surface area (TPSA) is 95.9 Å². The van der Waals surface area contributed by atoms with Crippen molar-refractivity contribution in [3.63, 3.8) is 0 Å². The van der Waals surface area contributed by atoms with E-state index in [1.54, 1.807) is 6.08 Å². The largest absolute Gasteiger partial charge is 0.466 e. The highest BCUT2D eigenvalue weighted by Crippen LogP contribution is 2.18. The fourth-order valence-electron chi connectivity index (χ4n) is 11.1. The minimum atomic E-state index is -0.852. The molecule has 80 heavy (non-hydrogen) atoms. The fraction of sp³-hybridized carbons (Fsp3) is 0.865. The van der Waals surface area contributed by atoms with E-state index < -0.39 is 12.1 Å². The molecule has 1 amide bonds. The van der Waals surface area contributed by atoms with Gasteiger partial charge in [-0.1, -0.05) is 332 Å². The summed E-state index contributed by atoms with van der Waals surface area (Å²) in [6, 6.07) is -0.636. The predicted octanol–water partition coefficient (Wildman–Crippen LogP) is 23.3. The van der Waals surface area contributed by atoms with Crippen molar-refractivity contribution in [1.82, 2.24) is 5.32 Å². The molecule has 0 aromatic heterocycles. The Kier molecular flexibility index (Phi) is 67.4. The smallest absolute Gasteiger partial charge is 0.305 e. The van der Waals surface area contributed by atoms with Crippen molar-refractivity contribution >= 4 is 11.9 Å². The Morgan fingerprint density at radius 2 is 0.625 bits per heavy atom. The molecule has 3 N–H and O–H groups in total. The Hall–Kier alpha value is -2.18. The number of nitrogens with one attached hydrogen (secondary N) is 1. The Morgan fingerprint density at radius 1 is 0.350 bits per heavy atom. The molecule has 0 saturated carbocycles. The van der Waals surface area contributed by atoms with E-state index in [0.29, 0.717) is 19.4 Å². The molecule has 6 heteroatoms. The van der Waals surface area contributed by atoms with Crippen molar-refractivity contribution in [3.05, 3.63) is 48.6 Å². The molecule has 0 saturated heterocycles. The van der Waals surface area contributed by atoms with Crippen LogP contribution in [0.15, 0.2) is 48.6 Å². The third-order valence-corrected chi connectivity index (χ3v) is 16.6. The highest BCUT2D eigenvalue weighted by atomic mass is 16.5. The van der Waals surface area contributed by atoms with Crippen LogP contribution in [0, 0.1) is 0 Å². The Labute approximate surface area is 499 Å². The zero-order valence-corrected chi connectivity index (χ0v) is 53.8. The van der Waals surface area contributed by atoms with Crippen LogP contribution in [0.2, 0.25) is 0 Å². The van der Waals surface area contributed by atoms with Crippen LogP contribution in [0.5, 0.6) is 0 Å². The number of aliphatic hydroxyl groups is 2. The maximum atomic E-state index is 12.5. The van der Waals surface area contributed by atoms with Gasteiger partial charge in [-0.05, 0) is 89.9 Å². The van der Waals surface area contributed by atoms with Gasteiger partial charge in [-0.15, -0.1) is 0 Å². The number of carbonyl (C=O) groups excluding carboxylic acids is 2. The number of amides is 1. The molecule has 0 spiro atoms. The predicted molar refractivity (Wildman–Crippen MR) is 352 cm³/mol. The fourth-order valence-corrected chi connectivity index (χ4v) is 11.1. The average molecular weight is 1120 g/mol. The first kappa shape index (κ1) is 77.8. The normalized spacial score (nSPS) is 12.8. The van der Waals surface area contributed by atoms with Gasteiger partial charge in [0.15, 0.2) is 0 Å². The maximum Gasteiger partial charge on any atom is 0.305 e. The molecule has 0 aromatic carbocycles. The van der Waals surface area contributed by atoms with Gasteiger partial charge in [-0.3, -0.25) is 9.59 Å². The molecule has 2 unspecified atom stereocenters. The van der Waals surface area contributed by atoms with Crippen LogP contribution in [0.25, 0.3) is 0 Å². The number of esters is 1. The van der Waals surface area contributed by atoms with Gasteiger partial charge in [0.05, 0.1) is 25.4 Å². The number of hydrogen-bond donors (Lipinski definition) is 3. The Balaban J connectivity index is 3.44. The maximum absolute atomic E-state index is 12.5. The summed E-state index contributed by atoms with van der Waals surface area (Å²) in [5, 5.41) is 23.3. The number of unbranched alkanes of at least 4 members (excludes halogenated alkanes) is 50. The molecule has 0 aliphatic rings. The molecule has 0 radical (unpaired) electrons. The van der Waals surface area contributed by atoms with Crippen molar-refractivity contribution in [2.75, 3.05) is 13.2 Å². The molecule has 0 bridgehead atoms. The van der Waals surface area contributed by atoms with Crippen LogP contribution in [0.3, 0.4) is 0 Å². The van der Waals surface area contributed by atoms with Gasteiger partial charge in [0.25, 0.3) is 0 Å². The average Bonchev–Trinajstić information content (AvgIpc) is 3.46. The first-order valence-corrected chi connectivity index (χ1v) is 35.9. The number of rotatable bonds is 67. The summed E-state index contributed by atoms with van der Waals surface area (Å²) in [6.07, 6.45) is 90.4. The van der Waals surface area contributed by atoms with Crippen LogP contribution >= 0.6 is 0 Å². The molecule has 2 atom stereocenters. The molecule has 0 aromatic rings.